The monoisotopic (exact) mass is 365 g/mol. The van der Waals surface area contributed by atoms with Gasteiger partial charge in [0.25, 0.3) is 0 Å². The number of fused-ring (bicyclic) bond motifs is 3. The average Bonchev–Trinajstić information content (AvgIpc) is 3.19. The van der Waals surface area contributed by atoms with E-state index < -0.39 is 0 Å². The Morgan fingerprint density at radius 3 is 3.00 bits per heavy atom. The second-order valence-electron chi connectivity index (χ2n) is 5.20. The number of nitrogens with one attached hydrogen (secondary N) is 1. The predicted molar refractivity (Wildman–Crippen MR) is 98.9 cm³/mol. The number of carbonyl (C=O) groups is 1. The quantitative estimate of drug-likeness (QED) is 0.559. The number of thiazole rings is 1. The molecule has 0 spiro atoms. The van der Waals surface area contributed by atoms with Gasteiger partial charge in [0.2, 0.25) is 10.9 Å². The fourth-order valence-corrected chi connectivity index (χ4v) is 4.21. The highest BCUT2D eigenvalue weighted by molar-refractivity contribution is 7.99. The third-order valence-corrected chi connectivity index (χ3v) is 5.46. The van der Waals surface area contributed by atoms with Crippen molar-refractivity contribution in [2.75, 3.05) is 11.1 Å². The third kappa shape index (κ3) is 3.07. The molecule has 4 rings (SSSR count). The number of para-hydroxylation sites is 1. The summed E-state index contributed by atoms with van der Waals surface area (Å²) in [5.41, 5.74) is 2.16. The van der Waals surface area contributed by atoms with Crippen molar-refractivity contribution in [1.82, 2.24) is 14.6 Å². The normalized spacial score (nSPS) is 10.8. The lowest BCUT2D eigenvalue weighted by Gasteiger charge is -2.04. The van der Waals surface area contributed by atoms with Gasteiger partial charge in [-0.1, -0.05) is 41.3 Å². The van der Waals surface area contributed by atoms with Gasteiger partial charge in [0.15, 0.2) is 5.16 Å². The molecule has 0 aliphatic rings. The molecule has 0 bridgehead atoms. The summed E-state index contributed by atoms with van der Waals surface area (Å²) in [6.45, 7) is 0. The minimum atomic E-state index is -0.156. The van der Waals surface area contributed by atoms with E-state index in [2.05, 4.69) is 21.6 Å². The molecule has 4 aromatic rings. The largest absolute Gasteiger partial charge is 0.325 e. The standard InChI is InChI=1S/C17H11N5OS2/c18-9-11-4-3-5-12(8-11)19-15(23)10-24-16-20-21-17-22(16)13-6-1-2-7-14(13)25-17/h1-8H,10H2,(H,19,23). The Kier molecular flexibility index (Phi) is 4.09. The molecule has 0 radical (unpaired) electrons. The Labute approximate surface area is 151 Å². The number of rotatable bonds is 4. The smallest absolute Gasteiger partial charge is 0.234 e. The maximum atomic E-state index is 12.2. The minimum absolute atomic E-state index is 0.156. The van der Waals surface area contributed by atoms with Gasteiger partial charge in [0.05, 0.1) is 27.6 Å². The van der Waals surface area contributed by atoms with E-state index in [4.69, 9.17) is 5.26 Å². The molecule has 2 aromatic carbocycles. The zero-order chi connectivity index (χ0) is 17.2. The van der Waals surface area contributed by atoms with Crippen LogP contribution < -0.4 is 5.32 Å². The van der Waals surface area contributed by atoms with Crippen LogP contribution in [0.5, 0.6) is 0 Å². The van der Waals surface area contributed by atoms with Gasteiger partial charge in [0.1, 0.15) is 0 Å². The van der Waals surface area contributed by atoms with Crippen molar-refractivity contribution in [2.24, 2.45) is 0 Å². The Balaban J connectivity index is 1.50. The number of amides is 1. The Bertz CT molecular complexity index is 1120. The molecular formula is C17H11N5OS2. The van der Waals surface area contributed by atoms with E-state index in [1.165, 1.54) is 11.8 Å². The molecule has 0 atom stereocenters. The van der Waals surface area contributed by atoms with E-state index in [1.807, 2.05) is 28.7 Å². The Hall–Kier alpha value is -2.89. The molecule has 122 valence electrons. The van der Waals surface area contributed by atoms with Gasteiger partial charge in [-0.25, -0.2) is 0 Å². The summed E-state index contributed by atoms with van der Waals surface area (Å²) < 4.78 is 3.10. The number of nitrogens with zero attached hydrogens (tertiary/aromatic N) is 4. The lowest BCUT2D eigenvalue weighted by molar-refractivity contribution is -0.113. The van der Waals surface area contributed by atoms with Crippen LogP contribution in [-0.2, 0) is 4.79 Å². The second kappa shape index (κ2) is 6.55. The minimum Gasteiger partial charge on any atom is -0.325 e. The van der Waals surface area contributed by atoms with Gasteiger partial charge >= 0.3 is 0 Å². The van der Waals surface area contributed by atoms with Crippen LogP contribution in [0.1, 0.15) is 5.56 Å². The van der Waals surface area contributed by atoms with E-state index in [1.54, 1.807) is 35.6 Å². The first kappa shape index (κ1) is 15.6. The van der Waals surface area contributed by atoms with Gasteiger partial charge in [-0.05, 0) is 30.3 Å². The molecule has 0 saturated heterocycles. The Morgan fingerprint density at radius 1 is 1.24 bits per heavy atom. The average molecular weight is 365 g/mol. The molecule has 0 fully saturated rings. The number of anilines is 1. The molecule has 8 heteroatoms. The molecule has 6 nitrogen and oxygen atoms in total. The van der Waals surface area contributed by atoms with E-state index in [0.29, 0.717) is 16.4 Å². The maximum Gasteiger partial charge on any atom is 0.234 e. The van der Waals surface area contributed by atoms with Gasteiger partial charge < -0.3 is 5.32 Å². The third-order valence-electron chi connectivity index (χ3n) is 3.52. The molecule has 2 aromatic heterocycles. The van der Waals surface area contributed by atoms with Crippen molar-refractivity contribution in [1.29, 1.82) is 5.26 Å². The zero-order valence-electron chi connectivity index (χ0n) is 12.8. The van der Waals surface area contributed by atoms with Crippen molar-refractivity contribution >= 4 is 49.9 Å². The fraction of sp³-hybridized carbons (Fsp3) is 0.0588. The molecule has 0 unspecified atom stereocenters. The number of benzene rings is 2. The van der Waals surface area contributed by atoms with Crippen molar-refractivity contribution in [2.45, 2.75) is 5.16 Å². The molecule has 0 saturated carbocycles. The van der Waals surface area contributed by atoms with Crippen molar-refractivity contribution < 1.29 is 4.79 Å². The summed E-state index contributed by atoms with van der Waals surface area (Å²) in [6, 6.07) is 16.9. The van der Waals surface area contributed by atoms with Crippen molar-refractivity contribution in [3.8, 4) is 6.07 Å². The van der Waals surface area contributed by atoms with Gasteiger partial charge in [0, 0.05) is 5.69 Å². The predicted octanol–water partition coefficient (Wildman–Crippen LogP) is 3.55. The maximum absolute atomic E-state index is 12.2. The summed E-state index contributed by atoms with van der Waals surface area (Å²) in [4.78, 5) is 13.0. The van der Waals surface area contributed by atoms with Crippen LogP contribution in [0.25, 0.3) is 15.2 Å². The lowest BCUT2D eigenvalue weighted by Crippen LogP contribution is -2.14. The van der Waals surface area contributed by atoms with Crippen molar-refractivity contribution in [3.63, 3.8) is 0 Å². The first-order chi connectivity index (χ1) is 12.2. The van der Waals surface area contributed by atoms with Crippen LogP contribution in [-0.4, -0.2) is 26.3 Å². The molecule has 1 amide bonds. The molecule has 1 N–H and O–H groups in total. The summed E-state index contributed by atoms with van der Waals surface area (Å²) >= 11 is 2.90. The summed E-state index contributed by atoms with van der Waals surface area (Å²) in [7, 11) is 0. The molecule has 0 aliphatic carbocycles. The highest BCUT2D eigenvalue weighted by Gasteiger charge is 2.14. The van der Waals surface area contributed by atoms with E-state index in [9.17, 15) is 4.79 Å². The number of carbonyl (C=O) groups excluding carboxylic acids is 1. The molecule has 2 heterocycles. The summed E-state index contributed by atoms with van der Waals surface area (Å²) in [5, 5.41) is 20.7. The lowest BCUT2D eigenvalue weighted by atomic mass is 10.2. The van der Waals surface area contributed by atoms with Crippen molar-refractivity contribution in [3.05, 3.63) is 54.1 Å². The fourth-order valence-electron chi connectivity index (χ4n) is 2.44. The van der Waals surface area contributed by atoms with E-state index >= 15 is 0 Å². The highest BCUT2D eigenvalue weighted by atomic mass is 32.2. The van der Waals surface area contributed by atoms with Gasteiger partial charge in [-0.2, -0.15) is 5.26 Å². The zero-order valence-corrected chi connectivity index (χ0v) is 14.5. The van der Waals surface area contributed by atoms with Crippen LogP contribution in [0.2, 0.25) is 0 Å². The number of hydrogen-bond acceptors (Lipinski definition) is 6. The number of hydrogen-bond donors (Lipinski definition) is 1. The first-order valence-corrected chi connectivity index (χ1v) is 9.20. The van der Waals surface area contributed by atoms with E-state index in [-0.39, 0.29) is 11.7 Å². The topological polar surface area (TPSA) is 83.1 Å². The Morgan fingerprint density at radius 2 is 2.12 bits per heavy atom. The molecular weight excluding hydrogens is 354 g/mol. The summed E-state index contributed by atoms with van der Waals surface area (Å²) in [5.74, 6) is 0.0539. The number of thioether (sulfide) groups is 1. The first-order valence-electron chi connectivity index (χ1n) is 7.40. The number of nitriles is 1. The molecule has 0 aliphatic heterocycles. The summed E-state index contributed by atoms with van der Waals surface area (Å²) in [6.07, 6.45) is 0. The highest BCUT2D eigenvalue weighted by Crippen LogP contribution is 2.29. The molecule has 25 heavy (non-hydrogen) atoms. The number of aromatic nitrogens is 3. The van der Waals surface area contributed by atoms with Gasteiger partial charge in [-0.3, -0.25) is 9.20 Å². The van der Waals surface area contributed by atoms with Gasteiger partial charge in [-0.15, -0.1) is 10.2 Å². The van der Waals surface area contributed by atoms with Crippen LogP contribution >= 0.6 is 23.1 Å². The second-order valence-corrected chi connectivity index (χ2v) is 7.15. The van der Waals surface area contributed by atoms with Crippen LogP contribution in [0.3, 0.4) is 0 Å². The van der Waals surface area contributed by atoms with E-state index in [0.717, 1.165) is 15.2 Å². The van der Waals surface area contributed by atoms with Crippen LogP contribution in [0.4, 0.5) is 5.69 Å². The van der Waals surface area contributed by atoms with Crippen LogP contribution in [0.15, 0.2) is 53.7 Å². The SMILES string of the molecule is N#Cc1cccc(NC(=O)CSc2nnc3sc4ccccc4n23)c1. The van der Waals surface area contributed by atoms with Crippen LogP contribution in [0, 0.1) is 11.3 Å².